The van der Waals surface area contributed by atoms with Crippen LogP contribution in [0.4, 0.5) is 5.13 Å². The summed E-state index contributed by atoms with van der Waals surface area (Å²) in [6, 6.07) is 21.9. The third kappa shape index (κ3) is 3.60. The number of fused-ring (bicyclic) bond motifs is 2. The molecule has 152 valence electrons. The first kappa shape index (κ1) is 19.5. The van der Waals surface area contributed by atoms with Gasteiger partial charge in [-0.3, -0.25) is 14.5 Å². The van der Waals surface area contributed by atoms with Crippen LogP contribution in [-0.2, 0) is 6.54 Å². The molecule has 0 aliphatic carbocycles. The van der Waals surface area contributed by atoms with Crippen molar-refractivity contribution in [3.8, 4) is 0 Å². The number of carbonyl (C=O) groups excluding carboxylic acids is 1. The Labute approximate surface area is 186 Å². The summed E-state index contributed by atoms with van der Waals surface area (Å²) in [5, 5.41) is 1.34. The van der Waals surface area contributed by atoms with Gasteiger partial charge in [-0.2, -0.15) is 0 Å². The Morgan fingerprint density at radius 2 is 1.77 bits per heavy atom. The number of benzene rings is 3. The number of anilines is 1. The second-order valence-electron chi connectivity index (χ2n) is 6.93. The fourth-order valence-electron chi connectivity index (χ4n) is 3.38. The zero-order chi connectivity index (χ0) is 21.4. The van der Waals surface area contributed by atoms with E-state index < -0.39 is 5.91 Å². The highest BCUT2D eigenvalue weighted by Crippen LogP contribution is 2.34. The van der Waals surface area contributed by atoms with Crippen LogP contribution in [0.15, 0.2) is 88.3 Å². The molecule has 0 bridgehead atoms. The van der Waals surface area contributed by atoms with Crippen LogP contribution in [-0.4, -0.2) is 10.9 Å². The van der Waals surface area contributed by atoms with Crippen molar-refractivity contribution in [1.29, 1.82) is 0 Å². The van der Waals surface area contributed by atoms with Crippen LogP contribution < -0.4 is 10.3 Å². The second kappa shape index (κ2) is 7.98. The molecule has 0 N–H and O–H groups in total. The first-order chi connectivity index (χ1) is 15.1. The van der Waals surface area contributed by atoms with Crippen LogP contribution in [0.1, 0.15) is 15.9 Å². The number of para-hydroxylation sites is 2. The van der Waals surface area contributed by atoms with E-state index in [1.54, 1.807) is 30.3 Å². The van der Waals surface area contributed by atoms with E-state index in [0.29, 0.717) is 26.6 Å². The highest BCUT2D eigenvalue weighted by molar-refractivity contribution is 7.22. The van der Waals surface area contributed by atoms with Gasteiger partial charge >= 0.3 is 0 Å². The van der Waals surface area contributed by atoms with E-state index in [1.165, 1.54) is 22.5 Å². The molecule has 0 fully saturated rings. The molecular formula is C24H15ClN2O3S. The van der Waals surface area contributed by atoms with Crippen molar-refractivity contribution in [1.82, 2.24) is 4.98 Å². The van der Waals surface area contributed by atoms with Crippen LogP contribution in [0.5, 0.6) is 0 Å². The molecule has 0 unspecified atom stereocenters. The molecule has 1 amide bonds. The van der Waals surface area contributed by atoms with Gasteiger partial charge in [0, 0.05) is 0 Å². The number of aromatic nitrogens is 1. The van der Waals surface area contributed by atoms with E-state index in [2.05, 4.69) is 4.98 Å². The van der Waals surface area contributed by atoms with Crippen LogP contribution in [0, 0.1) is 0 Å². The highest BCUT2D eigenvalue weighted by Gasteiger charge is 2.25. The zero-order valence-electron chi connectivity index (χ0n) is 16.1. The number of hydrogen-bond acceptors (Lipinski definition) is 5. The molecule has 5 aromatic rings. The minimum atomic E-state index is -0.474. The second-order valence-corrected chi connectivity index (χ2v) is 8.35. The first-order valence-electron chi connectivity index (χ1n) is 9.53. The summed E-state index contributed by atoms with van der Waals surface area (Å²) in [4.78, 5) is 32.7. The van der Waals surface area contributed by atoms with Crippen molar-refractivity contribution in [2.24, 2.45) is 0 Å². The normalized spacial score (nSPS) is 11.1. The third-order valence-corrected chi connectivity index (χ3v) is 6.28. The molecule has 2 aromatic heterocycles. The maximum Gasteiger partial charge on any atom is 0.267 e. The molecule has 7 heteroatoms. The minimum Gasteiger partial charge on any atom is -0.463 e. The van der Waals surface area contributed by atoms with Crippen molar-refractivity contribution in [3.05, 3.63) is 105 Å². The number of nitrogens with zero attached hydrogens (tertiary/aromatic N) is 2. The Morgan fingerprint density at radius 1 is 1.00 bits per heavy atom. The van der Waals surface area contributed by atoms with E-state index in [1.807, 2.05) is 42.5 Å². The Bertz CT molecular complexity index is 1480. The minimum absolute atomic E-state index is 0.0417. The molecule has 0 radical (unpaired) electrons. The average Bonchev–Trinajstić information content (AvgIpc) is 3.24. The average molecular weight is 447 g/mol. The van der Waals surface area contributed by atoms with Crippen LogP contribution in [0.2, 0.25) is 5.02 Å². The topological polar surface area (TPSA) is 63.4 Å². The van der Waals surface area contributed by atoms with Gasteiger partial charge in [0.1, 0.15) is 22.9 Å². The molecule has 0 saturated heterocycles. The lowest BCUT2D eigenvalue weighted by atomic mass is 10.1. The van der Waals surface area contributed by atoms with Gasteiger partial charge in [0.25, 0.3) is 5.91 Å². The van der Waals surface area contributed by atoms with Gasteiger partial charge in [0.15, 0.2) is 5.13 Å². The van der Waals surface area contributed by atoms with E-state index in [-0.39, 0.29) is 17.5 Å². The third-order valence-electron chi connectivity index (χ3n) is 4.93. The molecule has 0 aliphatic rings. The number of thiazole rings is 1. The quantitative estimate of drug-likeness (QED) is 0.344. The van der Waals surface area contributed by atoms with E-state index in [9.17, 15) is 9.59 Å². The molecule has 0 saturated carbocycles. The van der Waals surface area contributed by atoms with Gasteiger partial charge in [-0.15, -0.1) is 0 Å². The zero-order valence-corrected chi connectivity index (χ0v) is 17.7. The van der Waals surface area contributed by atoms with Crippen molar-refractivity contribution in [3.63, 3.8) is 0 Å². The Hall–Kier alpha value is -3.48. The summed E-state index contributed by atoms with van der Waals surface area (Å²) in [6.07, 6.45) is 1.23. The van der Waals surface area contributed by atoms with Gasteiger partial charge < -0.3 is 4.42 Å². The van der Waals surface area contributed by atoms with Gasteiger partial charge in [0.2, 0.25) is 5.43 Å². The number of rotatable bonds is 4. The summed E-state index contributed by atoms with van der Waals surface area (Å²) in [5.74, 6) is -0.474. The molecule has 5 nitrogen and oxygen atoms in total. The molecule has 2 heterocycles. The number of hydrogen-bond donors (Lipinski definition) is 0. The maximum atomic E-state index is 13.6. The lowest BCUT2D eigenvalue weighted by molar-refractivity contribution is 0.0982. The number of halogens is 1. The smallest absolute Gasteiger partial charge is 0.267 e. The van der Waals surface area contributed by atoms with Gasteiger partial charge in [0.05, 0.1) is 21.7 Å². The van der Waals surface area contributed by atoms with Crippen LogP contribution in [0.25, 0.3) is 21.2 Å². The first-order valence-corrected chi connectivity index (χ1v) is 10.7. The van der Waals surface area contributed by atoms with Gasteiger partial charge in [-0.05, 0) is 29.8 Å². The van der Waals surface area contributed by atoms with Crippen molar-refractivity contribution >= 4 is 55.2 Å². The lowest BCUT2D eigenvalue weighted by Gasteiger charge is -2.19. The highest BCUT2D eigenvalue weighted by atomic mass is 35.5. The van der Waals surface area contributed by atoms with E-state index in [4.69, 9.17) is 16.0 Å². The van der Waals surface area contributed by atoms with Crippen molar-refractivity contribution in [2.75, 3.05) is 4.90 Å². The Morgan fingerprint density at radius 3 is 2.58 bits per heavy atom. The molecule has 3 aromatic carbocycles. The van der Waals surface area contributed by atoms with Crippen molar-refractivity contribution < 1.29 is 9.21 Å². The summed E-state index contributed by atoms with van der Waals surface area (Å²) in [6.45, 7) is 0.253. The molecule has 0 aliphatic heterocycles. The fraction of sp³-hybridized carbons (Fsp3) is 0.0417. The van der Waals surface area contributed by atoms with Gasteiger partial charge in [-0.1, -0.05) is 71.5 Å². The molecule has 0 spiro atoms. The SMILES string of the molecule is O=C(c1coc2ccccc2c1=O)N(Cc1ccccc1)c1nc2c(Cl)cccc2s1. The number of amides is 1. The molecule has 31 heavy (non-hydrogen) atoms. The van der Waals surface area contributed by atoms with E-state index in [0.717, 1.165) is 10.3 Å². The maximum absolute atomic E-state index is 13.6. The predicted molar refractivity (Wildman–Crippen MR) is 124 cm³/mol. The molecule has 0 atom stereocenters. The predicted octanol–water partition coefficient (Wildman–Crippen LogP) is 5.90. The molecular weight excluding hydrogens is 432 g/mol. The Kier molecular flexibility index (Phi) is 5.02. The fourth-order valence-corrected chi connectivity index (χ4v) is 4.64. The summed E-state index contributed by atoms with van der Waals surface area (Å²) < 4.78 is 6.43. The van der Waals surface area contributed by atoms with Crippen LogP contribution >= 0.6 is 22.9 Å². The van der Waals surface area contributed by atoms with Crippen LogP contribution in [0.3, 0.4) is 0 Å². The summed E-state index contributed by atoms with van der Waals surface area (Å²) >= 11 is 7.65. The Balaban J connectivity index is 1.64. The van der Waals surface area contributed by atoms with Crippen molar-refractivity contribution in [2.45, 2.75) is 6.54 Å². The summed E-state index contributed by atoms with van der Waals surface area (Å²) in [7, 11) is 0. The number of carbonyl (C=O) groups is 1. The van der Waals surface area contributed by atoms with E-state index >= 15 is 0 Å². The standard InChI is InChI=1S/C24H15ClN2O3S/c25-18-10-6-12-20-21(18)26-24(31-20)27(13-15-7-2-1-3-8-15)23(29)17-14-30-19-11-5-4-9-16(19)22(17)28/h1-12,14H,13H2. The largest absolute Gasteiger partial charge is 0.463 e. The van der Waals surface area contributed by atoms with Gasteiger partial charge in [-0.25, -0.2) is 4.98 Å². The summed E-state index contributed by atoms with van der Waals surface area (Å²) in [5.41, 5.74) is 1.56. The lowest BCUT2D eigenvalue weighted by Crippen LogP contribution is -2.33. The monoisotopic (exact) mass is 446 g/mol. The molecule has 5 rings (SSSR count).